The quantitative estimate of drug-likeness (QED) is 0.480. The molecule has 4 rings (SSSR count). The van der Waals surface area contributed by atoms with Gasteiger partial charge < -0.3 is 14.2 Å². The molecule has 0 saturated heterocycles. The van der Waals surface area contributed by atoms with Crippen molar-refractivity contribution in [2.24, 2.45) is 0 Å². The van der Waals surface area contributed by atoms with Crippen molar-refractivity contribution in [3.05, 3.63) is 64.2 Å². The van der Waals surface area contributed by atoms with E-state index >= 15 is 0 Å². The molecule has 2 heterocycles. The first-order chi connectivity index (χ1) is 11.6. The van der Waals surface area contributed by atoms with Crippen LogP contribution in [0.1, 0.15) is 42.2 Å². The first-order valence-corrected chi connectivity index (χ1v) is 7.14. The topological polar surface area (TPSA) is 78.9 Å². The minimum absolute atomic E-state index is 0.0973. The first-order valence-electron chi connectivity index (χ1n) is 7.14. The van der Waals surface area contributed by atoms with E-state index in [1.165, 1.54) is 0 Å². The molecule has 118 valence electrons. The van der Waals surface area contributed by atoms with Crippen LogP contribution in [0.2, 0.25) is 0 Å². The van der Waals surface area contributed by atoms with Crippen molar-refractivity contribution in [2.75, 3.05) is 6.79 Å². The molecule has 0 saturated carbocycles. The van der Waals surface area contributed by atoms with Crippen LogP contribution >= 0.6 is 0 Å². The highest BCUT2D eigenvalue weighted by Crippen LogP contribution is 2.26. The zero-order chi connectivity index (χ0) is 16.7. The van der Waals surface area contributed by atoms with Gasteiger partial charge in [0.15, 0.2) is 0 Å². The van der Waals surface area contributed by atoms with Crippen molar-refractivity contribution in [1.29, 1.82) is 0 Å². The summed E-state index contributed by atoms with van der Waals surface area (Å²) in [5.41, 5.74) is 2.50. The zero-order valence-electron chi connectivity index (χ0n) is 12.3. The number of ether oxygens (including phenoxy) is 3. The van der Waals surface area contributed by atoms with Crippen LogP contribution in [0.4, 0.5) is 0 Å². The largest absolute Gasteiger partial charge is 0.456 e. The van der Waals surface area contributed by atoms with Gasteiger partial charge in [0, 0.05) is 0 Å². The van der Waals surface area contributed by atoms with E-state index in [0.29, 0.717) is 11.3 Å². The third kappa shape index (κ3) is 2.34. The number of esters is 3. The third-order valence-corrected chi connectivity index (χ3v) is 3.77. The Morgan fingerprint density at radius 1 is 0.708 bits per heavy atom. The summed E-state index contributed by atoms with van der Waals surface area (Å²) in [6.45, 7) is -0.0973. The molecular weight excluding hydrogens is 312 g/mol. The molecule has 0 spiro atoms. The van der Waals surface area contributed by atoms with Crippen molar-refractivity contribution >= 4 is 30.1 Å². The second kappa shape index (κ2) is 5.34. The number of cyclic esters (lactones) is 3. The Labute approximate surface area is 136 Å². The van der Waals surface area contributed by atoms with Crippen LogP contribution in [0, 0.1) is 0 Å². The molecule has 0 bridgehead atoms. The standard InChI is InChI=1S/C18H10O6/c19-16-13-6-4-11(8-15(13)22-9-23-16)2-1-10-3-5-12-14(7-10)18(21)24-17(12)20/h1-8H,9H2/b2-1-. The maximum atomic E-state index is 11.6. The van der Waals surface area contributed by atoms with Crippen LogP contribution in [0.5, 0.6) is 5.75 Å². The maximum Gasteiger partial charge on any atom is 0.346 e. The molecule has 2 aromatic carbocycles. The van der Waals surface area contributed by atoms with Crippen molar-refractivity contribution in [2.45, 2.75) is 0 Å². The van der Waals surface area contributed by atoms with Gasteiger partial charge in [-0.2, -0.15) is 0 Å². The summed E-state index contributed by atoms with van der Waals surface area (Å²) in [7, 11) is 0. The minimum atomic E-state index is -0.633. The molecule has 6 nitrogen and oxygen atoms in total. The van der Waals surface area contributed by atoms with Gasteiger partial charge in [-0.1, -0.05) is 24.3 Å². The summed E-state index contributed by atoms with van der Waals surface area (Å²) in [4.78, 5) is 34.5. The Morgan fingerprint density at radius 3 is 2.17 bits per heavy atom. The molecular formula is C18H10O6. The van der Waals surface area contributed by atoms with Gasteiger partial charge in [0.2, 0.25) is 6.79 Å². The van der Waals surface area contributed by atoms with Crippen molar-refractivity contribution in [3.63, 3.8) is 0 Å². The summed E-state index contributed by atoms with van der Waals surface area (Å²) >= 11 is 0. The van der Waals surface area contributed by atoms with E-state index in [1.54, 1.807) is 42.5 Å². The molecule has 2 aromatic rings. The Morgan fingerprint density at radius 2 is 1.38 bits per heavy atom. The Kier molecular flexibility index (Phi) is 3.16. The molecule has 0 aliphatic carbocycles. The molecule has 0 radical (unpaired) electrons. The van der Waals surface area contributed by atoms with Gasteiger partial charge in [0.25, 0.3) is 0 Å². The molecule has 0 N–H and O–H groups in total. The zero-order valence-corrected chi connectivity index (χ0v) is 12.3. The van der Waals surface area contributed by atoms with Crippen LogP contribution in [0.3, 0.4) is 0 Å². The van der Waals surface area contributed by atoms with E-state index in [-0.39, 0.29) is 17.9 Å². The van der Waals surface area contributed by atoms with E-state index in [4.69, 9.17) is 9.47 Å². The summed E-state index contributed by atoms with van der Waals surface area (Å²) in [5.74, 6) is -1.19. The highest BCUT2D eigenvalue weighted by Gasteiger charge is 2.29. The fraction of sp³-hybridized carbons (Fsp3) is 0.0556. The fourth-order valence-electron chi connectivity index (χ4n) is 2.55. The van der Waals surface area contributed by atoms with Gasteiger partial charge in [0.05, 0.1) is 11.1 Å². The van der Waals surface area contributed by atoms with E-state index in [0.717, 1.165) is 11.1 Å². The molecule has 0 atom stereocenters. The lowest BCUT2D eigenvalue weighted by atomic mass is 10.0. The molecule has 2 aliphatic heterocycles. The predicted molar refractivity (Wildman–Crippen MR) is 82.5 cm³/mol. The normalized spacial score (nSPS) is 15.6. The van der Waals surface area contributed by atoms with Crippen molar-refractivity contribution in [3.8, 4) is 5.75 Å². The third-order valence-electron chi connectivity index (χ3n) is 3.77. The lowest BCUT2D eigenvalue weighted by molar-refractivity contribution is 0.00487. The lowest BCUT2D eigenvalue weighted by Gasteiger charge is -2.16. The molecule has 0 aromatic heterocycles. The molecule has 0 fully saturated rings. The van der Waals surface area contributed by atoms with Gasteiger partial charge >= 0.3 is 17.9 Å². The van der Waals surface area contributed by atoms with Crippen molar-refractivity contribution in [1.82, 2.24) is 0 Å². The number of hydrogen-bond acceptors (Lipinski definition) is 6. The monoisotopic (exact) mass is 322 g/mol. The number of fused-ring (bicyclic) bond motifs is 2. The summed E-state index contributed by atoms with van der Waals surface area (Å²) in [5, 5.41) is 0. The Bertz CT molecular complexity index is 925. The second-order valence-electron chi connectivity index (χ2n) is 5.26. The highest BCUT2D eigenvalue weighted by molar-refractivity contribution is 6.15. The number of rotatable bonds is 2. The first kappa shape index (κ1) is 14.2. The van der Waals surface area contributed by atoms with Crippen LogP contribution in [-0.2, 0) is 9.47 Å². The van der Waals surface area contributed by atoms with Crippen LogP contribution in [0.25, 0.3) is 12.2 Å². The average Bonchev–Trinajstić information content (AvgIpc) is 2.87. The molecule has 6 heteroatoms. The average molecular weight is 322 g/mol. The molecule has 24 heavy (non-hydrogen) atoms. The maximum absolute atomic E-state index is 11.6. The van der Waals surface area contributed by atoms with Crippen molar-refractivity contribution < 1.29 is 28.6 Å². The van der Waals surface area contributed by atoms with Gasteiger partial charge in [-0.3, -0.25) is 0 Å². The molecule has 2 aliphatic rings. The van der Waals surface area contributed by atoms with Gasteiger partial charge in [0.1, 0.15) is 11.3 Å². The van der Waals surface area contributed by atoms with Crippen LogP contribution in [0.15, 0.2) is 36.4 Å². The van der Waals surface area contributed by atoms with E-state index in [9.17, 15) is 14.4 Å². The minimum Gasteiger partial charge on any atom is -0.456 e. The summed E-state index contributed by atoms with van der Waals surface area (Å²) in [6, 6.07) is 10.0. The van der Waals surface area contributed by atoms with E-state index in [2.05, 4.69) is 4.74 Å². The molecule has 0 amide bonds. The van der Waals surface area contributed by atoms with Gasteiger partial charge in [-0.25, -0.2) is 14.4 Å². The molecule has 0 unspecified atom stereocenters. The Hall–Kier alpha value is -3.41. The fourth-order valence-corrected chi connectivity index (χ4v) is 2.55. The Balaban J connectivity index is 1.62. The van der Waals surface area contributed by atoms with Gasteiger partial charge in [-0.05, 0) is 35.4 Å². The lowest BCUT2D eigenvalue weighted by Crippen LogP contribution is -2.18. The predicted octanol–water partition coefficient (Wildman–Crippen LogP) is 2.67. The SMILES string of the molecule is O=C1OCOc2cc(/C=C\c3ccc4c(c3)C(=O)OC4=O)ccc21. The smallest absolute Gasteiger partial charge is 0.346 e. The summed E-state index contributed by atoms with van der Waals surface area (Å²) in [6.07, 6.45) is 3.60. The number of carbonyl (C=O) groups is 3. The number of hydrogen-bond donors (Lipinski definition) is 0. The van der Waals surface area contributed by atoms with Crippen LogP contribution in [-0.4, -0.2) is 24.7 Å². The van der Waals surface area contributed by atoms with E-state index < -0.39 is 17.9 Å². The number of carbonyl (C=O) groups excluding carboxylic acids is 3. The summed E-state index contributed by atoms with van der Waals surface area (Å²) < 4.78 is 14.6. The van der Waals surface area contributed by atoms with Crippen LogP contribution < -0.4 is 4.74 Å². The van der Waals surface area contributed by atoms with Gasteiger partial charge in [-0.15, -0.1) is 0 Å². The number of benzene rings is 2. The van der Waals surface area contributed by atoms with E-state index in [1.807, 2.05) is 6.08 Å². The highest BCUT2D eigenvalue weighted by atomic mass is 16.7. The second-order valence-corrected chi connectivity index (χ2v) is 5.26.